The summed E-state index contributed by atoms with van der Waals surface area (Å²) < 4.78 is 0. The van der Waals surface area contributed by atoms with Crippen molar-refractivity contribution in [3.05, 3.63) is 22.6 Å². The molecular formula is C7H5NO4. The van der Waals surface area contributed by atoms with Crippen molar-refractivity contribution < 1.29 is 15.0 Å². The molecule has 1 aromatic carbocycles. The highest BCUT2D eigenvalue weighted by Crippen LogP contribution is 2.32. The zero-order valence-corrected chi connectivity index (χ0v) is 5.89. The van der Waals surface area contributed by atoms with E-state index in [1.165, 1.54) is 0 Å². The van der Waals surface area contributed by atoms with Crippen LogP contribution in [0.1, 0.15) is 10.4 Å². The Morgan fingerprint density at radius 3 is 2.42 bits per heavy atom. The lowest BCUT2D eigenvalue weighted by atomic mass is 10.2. The molecule has 0 spiro atoms. The fourth-order valence-electron chi connectivity index (χ4n) is 0.749. The van der Waals surface area contributed by atoms with E-state index in [1.807, 2.05) is 0 Å². The van der Waals surface area contributed by atoms with Gasteiger partial charge in [0.2, 0.25) is 0 Å². The molecule has 12 heavy (non-hydrogen) atoms. The van der Waals surface area contributed by atoms with Crippen LogP contribution in [0.3, 0.4) is 0 Å². The predicted octanol–water partition coefficient (Wildman–Crippen LogP) is 1.31. The van der Waals surface area contributed by atoms with Gasteiger partial charge in [-0.05, 0) is 11.2 Å². The van der Waals surface area contributed by atoms with E-state index < -0.39 is 5.75 Å². The van der Waals surface area contributed by atoms with Crippen LogP contribution in [0, 0.1) is 4.91 Å². The molecule has 0 atom stereocenters. The first-order valence-corrected chi connectivity index (χ1v) is 3.03. The Bertz CT molecular complexity index is 305. The lowest BCUT2D eigenvalue weighted by molar-refractivity contribution is 0.112. The minimum absolute atomic E-state index is 0.0811. The summed E-state index contributed by atoms with van der Waals surface area (Å²) in [6.07, 6.45) is 0.365. The molecule has 1 aromatic rings. The molecule has 62 valence electrons. The van der Waals surface area contributed by atoms with Gasteiger partial charge in [0.1, 0.15) is 11.5 Å². The average molecular weight is 167 g/mol. The Kier molecular flexibility index (Phi) is 2.05. The number of aldehydes is 1. The maximum Gasteiger partial charge on any atom is 0.153 e. The molecule has 0 heterocycles. The van der Waals surface area contributed by atoms with Crippen molar-refractivity contribution in [2.45, 2.75) is 0 Å². The largest absolute Gasteiger partial charge is 0.507 e. The number of carbonyl (C=O) groups excluding carboxylic acids is 1. The first kappa shape index (κ1) is 8.19. The summed E-state index contributed by atoms with van der Waals surface area (Å²) in [7, 11) is 0. The topological polar surface area (TPSA) is 87.0 Å². The van der Waals surface area contributed by atoms with E-state index in [4.69, 9.17) is 10.2 Å². The molecule has 0 radical (unpaired) electrons. The monoisotopic (exact) mass is 167 g/mol. The Morgan fingerprint density at radius 1 is 1.25 bits per heavy atom. The molecule has 1 rings (SSSR count). The van der Waals surface area contributed by atoms with Gasteiger partial charge < -0.3 is 10.2 Å². The molecule has 0 bridgehead atoms. The highest BCUT2D eigenvalue weighted by molar-refractivity contribution is 5.82. The van der Waals surface area contributed by atoms with Crippen molar-refractivity contribution >= 4 is 12.0 Å². The Labute approximate surface area is 67.2 Å². The van der Waals surface area contributed by atoms with Gasteiger partial charge in [0.25, 0.3) is 0 Å². The Morgan fingerprint density at radius 2 is 1.92 bits per heavy atom. The molecule has 0 aliphatic carbocycles. The fourth-order valence-corrected chi connectivity index (χ4v) is 0.749. The van der Waals surface area contributed by atoms with E-state index in [2.05, 4.69) is 5.18 Å². The normalized spacial score (nSPS) is 9.33. The first-order chi connectivity index (χ1) is 5.69. The number of phenols is 2. The smallest absolute Gasteiger partial charge is 0.153 e. The fraction of sp³-hybridized carbons (Fsp3) is 0. The number of hydrogen-bond donors (Lipinski definition) is 2. The van der Waals surface area contributed by atoms with E-state index in [0.29, 0.717) is 6.29 Å². The van der Waals surface area contributed by atoms with Crippen LogP contribution in [-0.2, 0) is 0 Å². The predicted molar refractivity (Wildman–Crippen MR) is 40.6 cm³/mol. The molecule has 0 saturated carbocycles. The summed E-state index contributed by atoms with van der Waals surface area (Å²) in [5, 5.41) is 20.4. The third-order valence-electron chi connectivity index (χ3n) is 1.35. The zero-order valence-electron chi connectivity index (χ0n) is 5.89. The van der Waals surface area contributed by atoms with E-state index in [-0.39, 0.29) is 17.0 Å². The van der Waals surface area contributed by atoms with E-state index in [9.17, 15) is 9.70 Å². The number of aromatic hydroxyl groups is 2. The van der Waals surface area contributed by atoms with Gasteiger partial charge >= 0.3 is 0 Å². The van der Waals surface area contributed by atoms with Gasteiger partial charge in [-0.2, -0.15) is 0 Å². The van der Waals surface area contributed by atoms with Crippen LogP contribution in [0.5, 0.6) is 11.5 Å². The molecular weight excluding hydrogens is 162 g/mol. The molecule has 0 amide bonds. The number of nitroso groups, excluding NO2 is 1. The van der Waals surface area contributed by atoms with Crippen LogP contribution in [0.4, 0.5) is 5.69 Å². The molecule has 0 fully saturated rings. The first-order valence-electron chi connectivity index (χ1n) is 3.03. The summed E-state index contributed by atoms with van der Waals surface area (Å²) in [6.45, 7) is 0. The number of rotatable bonds is 2. The Balaban J connectivity index is 3.36. The summed E-state index contributed by atoms with van der Waals surface area (Å²) in [6, 6.07) is 1.89. The third kappa shape index (κ3) is 1.24. The van der Waals surface area contributed by atoms with Gasteiger partial charge in [-0.3, -0.25) is 4.79 Å². The summed E-state index contributed by atoms with van der Waals surface area (Å²) in [4.78, 5) is 20.2. The van der Waals surface area contributed by atoms with Crippen LogP contribution >= 0.6 is 0 Å². The lowest BCUT2D eigenvalue weighted by Crippen LogP contribution is -1.80. The summed E-state index contributed by atoms with van der Waals surface area (Å²) in [5.74, 6) is -0.831. The second kappa shape index (κ2) is 3.00. The van der Waals surface area contributed by atoms with Crippen LogP contribution in [0.25, 0.3) is 0 Å². The number of carbonyl (C=O) groups is 1. The molecule has 2 N–H and O–H groups in total. The van der Waals surface area contributed by atoms with Crippen LogP contribution in [0.15, 0.2) is 17.3 Å². The van der Waals surface area contributed by atoms with Crippen LogP contribution in [-0.4, -0.2) is 16.5 Å². The molecule has 0 saturated heterocycles. The van der Waals surface area contributed by atoms with Crippen LogP contribution in [0.2, 0.25) is 0 Å². The lowest BCUT2D eigenvalue weighted by Gasteiger charge is -1.99. The van der Waals surface area contributed by atoms with E-state index in [0.717, 1.165) is 12.1 Å². The second-order valence-corrected chi connectivity index (χ2v) is 2.11. The number of phenolic OH excluding ortho intramolecular Hbond substituents is 2. The highest BCUT2D eigenvalue weighted by Gasteiger charge is 2.07. The minimum atomic E-state index is -0.451. The maximum absolute atomic E-state index is 10.2. The summed E-state index contributed by atoms with van der Waals surface area (Å²) in [5.41, 5.74) is -0.350. The van der Waals surface area contributed by atoms with Crippen molar-refractivity contribution in [2.75, 3.05) is 0 Å². The quantitative estimate of drug-likeness (QED) is 0.513. The standard InChI is InChI=1S/C7H5NO4/c9-3-4-1-5(8-12)7(11)2-6(4)10/h1-3,10-11H. The number of nitrogens with zero attached hydrogens (tertiary/aromatic N) is 1. The SMILES string of the molecule is O=Cc1cc(N=O)c(O)cc1O. The van der Waals surface area contributed by atoms with Gasteiger partial charge in [0.15, 0.2) is 12.0 Å². The van der Waals surface area contributed by atoms with Gasteiger partial charge in [-0.1, -0.05) is 0 Å². The van der Waals surface area contributed by atoms with Crippen molar-refractivity contribution in [1.29, 1.82) is 0 Å². The van der Waals surface area contributed by atoms with Crippen LogP contribution < -0.4 is 0 Å². The molecule has 0 aliphatic heterocycles. The van der Waals surface area contributed by atoms with E-state index in [1.54, 1.807) is 0 Å². The van der Waals surface area contributed by atoms with Gasteiger partial charge in [-0.15, -0.1) is 4.91 Å². The van der Waals surface area contributed by atoms with Gasteiger partial charge in [-0.25, -0.2) is 0 Å². The third-order valence-corrected chi connectivity index (χ3v) is 1.35. The highest BCUT2D eigenvalue weighted by atomic mass is 16.3. The zero-order chi connectivity index (χ0) is 9.14. The molecule has 0 unspecified atom stereocenters. The van der Waals surface area contributed by atoms with Gasteiger partial charge in [0, 0.05) is 6.07 Å². The van der Waals surface area contributed by atoms with Crippen molar-refractivity contribution in [1.82, 2.24) is 0 Å². The van der Waals surface area contributed by atoms with Crippen molar-refractivity contribution in [3.8, 4) is 11.5 Å². The van der Waals surface area contributed by atoms with Crippen molar-refractivity contribution in [2.24, 2.45) is 5.18 Å². The average Bonchev–Trinajstić information content (AvgIpc) is 2.05. The second-order valence-electron chi connectivity index (χ2n) is 2.11. The van der Waals surface area contributed by atoms with Crippen molar-refractivity contribution in [3.63, 3.8) is 0 Å². The Hall–Kier alpha value is -1.91. The molecule has 5 nitrogen and oxygen atoms in total. The van der Waals surface area contributed by atoms with E-state index >= 15 is 0 Å². The number of hydrogen-bond acceptors (Lipinski definition) is 5. The summed E-state index contributed by atoms with van der Waals surface area (Å²) >= 11 is 0. The minimum Gasteiger partial charge on any atom is -0.507 e. The molecule has 5 heteroatoms. The van der Waals surface area contributed by atoms with Gasteiger partial charge in [0.05, 0.1) is 5.56 Å². The molecule has 0 aliphatic rings. The maximum atomic E-state index is 10.2. The molecule has 0 aromatic heterocycles. The number of benzene rings is 1.